The van der Waals surface area contributed by atoms with Crippen LogP contribution in [0.25, 0.3) is 0 Å². The van der Waals surface area contributed by atoms with E-state index in [0.717, 1.165) is 0 Å². The van der Waals surface area contributed by atoms with Crippen LogP contribution in [0, 0.1) is 11.8 Å². The van der Waals surface area contributed by atoms with Gasteiger partial charge in [0.05, 0.1) is 18.0 Å². The van der Waals surface area contributed by atoms with Gasteiger partial charge >= 0.3 is 5.97 Å². The minimum atomic E-state index is -1.16. The maximum Gasteiger partial charge on any atom is 0.353 e. The second-order valence-electron chi connectivity index (χ2n) is 8.91. The number of nitrogens with zero attached hydrogens (tertiary/aromatic N) is 2. The molecule has 0 radical (unpaired) electrons. The third-order valence-electron chi connectivity index (χ3n) is 6.44. The fraction of sp³-hybridized carbons (Fsp3) is 0.667. The van der Waals surface area contributed by atoms with Crippen molar-refractivity contribution in [1.29, 1.82) is 0 Å². The van der Waals surface area contributed by atoms with Crippen LogP contribution in [0.3, 0.4) is 0 Å². The van der Waals surface area contributed by atoms with Gasteiger partial charge in [-0.3, -0.25) is 19.2 Å². The Hall–Kier alpha value is -2.60. The molecule has 0 saturated carbocycles. The van der Waals surface area contributed by atoms with E-state index in [-0.39, 0.29) is 47.2 Å². The van der Waals surface area contributed by atoms with Crippen LogP contribution in [-0.2, 0) is 24.0 Å². The van der Waals surface area contributed by atoms with Crippen LogP contribution in [0.1, 0.15) is 26.7 Å². The molecule has 6 atom stereocenters. The number of β-lactam (4-membered cyclic amide) rings is 1. The summed E-state index contributed by atoms with van der Waals surface area (Å²) >= 11 is 1.41. The predicted octanol–water partition coefficient (Wildman–Crippen LogP) is -1.05. The Morgan fingerprint density at radius 2 is 1.94 bits per heavy atom. The average Bonchev–Trinajstić information content (AvgIpc) is 3.29. The highest BCUT2D eigenvalue weighted by atomic mass is 32.2. The lowest BCUT2D eigenvalue weighted by atomic mass is 9.78. The molecule has 4 N–H and O–H groups in total. The van der Waals surface area contributed by atoms with Gasteiger partial charge in [-0.1, -0.05) is 6.92 Å². The lowest BCUT2D eigenvalue weighted by Gasteiger charge is -2.47. The molecule has 3 rings (SSSR count). The first-order valence-electron chi connectivity index (χ1n) is 10.9. The maximum atomic E-state index is 12.9. The summed E-state index contributed by atoms with van der Waals surface area (Å²) in [4.78, 5) is 64.3. The van der Waals surface area contributed by atoms with Crippen LogP contribution in [0.5, 0.6) is 0 Å². The van der Waals surface area contributed by atoms with Gasteiger partial charge < -0.3 is 30.9 Å². The number of carbonyl (C=O) groups excluding carboxylic acids is 4. The SMILES string of the molecule is CNC(=O)CC(=O)N[C@H](C)[C@H]1C(=O)N2C(C(=O)O)=C(S[C@@H]3CN[C@H](C(=O)N(C)C)C3)[C@H](C)[C@H]12. The zero-order chi connectivity index (χ0) is 24.6. The Morgan fingerprint density at radius 1 is 1.27 bits per heavy atom. The zero-order valence-corrected chi connectivity index (χ0v) is 20.2. The van der Waals surface area contributed by atoms with Crippen LogP contribution >= 0.6 is 11.8 Å². The topological polar surface area (TPSA) is 148 Å². The molecule has 2 fully saturated rings. The van der Waals surface area contributed by atoms with Crippen LogP contribution < -0.4 is 16.0 Å². The largest absolute Gasteiger partial charge is 0.477 e. The number of nitrogens with one attached hydrogen (secondary N) is 3. The van der Waals surface area contributed by atoms with Crippen LogP contribution in [-0.4, -0.2) is 95.6 Å². The second-order valence-corrected chi connectivity index (χ2v) is 10.2. The molecule has 3 aliphatic rings. The van der Waals surface area contributed by atoms with Crippen LogP contribution in [0.4, 0.5) is 0 Å². The highest BCUT2D eigenvalue weighted by Crippen LogP contribution is 2.51. The Kier molecular flexibility index (Phi) is 7.37. The molecule has 4 amide bonds. The van der Waals surface area contributed by atoms with E-state index in [1.807, 2.05) is 6.92 Å². The second kappa shape index (κ2) is 9.72. The Bertz CT molecular complexity index is 906. The minimum Gasteiger partial charge on any atom is -0.477 e. The molecule has 33 heavy (non-hydrogen) atoms. The molecule has 0 unspecified atom stereocenters. The van der Waals surface area contributed by atoms with Gasteiger partial charge in [0.1, 0.15) is 12.1 Å². The quantitative estimate of drug-likeness (QED) is 0.254. The summed E-state index contributed by atoms with van der Waals surface area (Å²) in [6, 6.07) is -1.24. The Balaban J connectivity index is 1.71. The van der Waals surface area contributed by atoms with Gasteiger partial charge in [0.25, 0.3) is 0 Å². The van der Waals surface area contributed by atoms with E-state index >= 15 is 0 Å². The molecule has 3 heterocycles. The summed E-state index contributed by atoms with van der Waals surface area (Å²) < 4.78 is 0. The first-order valence-corrected chi connectivity index (χ1v) is 11.8. The molecule has 0 bridgehead atoms. The summed E-state index contributed by atoms with van der Waals surface area (Å²) in [6.45, 7) is 4.14. The number of aliphatic carboxylic acids is 1. The molecule has 2 saturated heterocycles. The normalized spacial score (nSPS) is 29.3. The van der Waals surface area contributed by atoms with Gasteiger partial charge in [0.15, 0.2) is 0 Å². The average molecular weight is 482 g/mol. The van der Waals surface area contributed by atoms with Crippen molar-refractivity contribution in [2.45, 2.75) is 50.1 Å². The van der Waals surface area contributed by atoms with E-state index in [1.54, 1.807) is 21.0 Å². The molecule has 0 aromatic carbocycles. The number of amides is 4. The van der Waals surface area contributed by atoms with Gasteiger partial charge in [-0.25, -0.2) is 4.79 Å². The maximum absolute atomic E-state index is 12.9. The van der Waals surface area contributed by atoms with E-state index < -0.39 is 29.7 Å². The third kappa shape index (κ3) is 4.72. The van der Waals surface area contributed by atoms with E-state index in [1.165, 1.54) is 28.6 Å². The summed E-state index contributed by atoms with van der Waals surface area (Å²) in [7, 11) is 4.82. The fourth-order valence-corrected chi connectivity index (χ4v) is 6.28. The van der Waals surface area contributed by atoms with Gasteiger partial charge in [-0.2, -0.15) is 0 Å². The Morgan fingerprint density at radius 3 is 2.52 bits per heavy atom. The molecule has 182 valence electrons. The van der Waals surface area contributed by atoms with Crippen molar-refractivity contribution in [3.63, 3.8) is 0 Å². The highest BCUT2D eigenvalue weighted by Gasteiger charge is 2.60. The van der Waals surface area contributed by atoms with Crippen molar-refractivity contribution in [2.24, 2.45) is 11.8 Å². The molecule has 11 nitrogen and oxygen atoms in total. The van der Waals surface area contributed by atoms with Crippen molar-refractivity contribution in [3.8, 4) is 0 Å². The van der Waals surface area contributed by atoms with Crippen molar-refractivity contribution in [2.75, 3.05) is 27.7 Å². The third-order valence-corrected chi connectivity index (χ3v) is 7.95. The summed E-state index contributed by atoms with van der Waals surface area (Å²) in [5.74, 6) is -3.27. The molecule has 0 aliphatic carbocycles. The van der Waals surface area contributed by atoms with Gasteiger partial charge in [0, 0.05) is 49.8 Å². The number of fused-ring (bicyclic) bond motifs is 1. The van der Waals surface area contributed by atoms with Gasteiger partial charge in [0.2, 0.25) is 23.6 Å². The van der Waals surface area contributed by atoms with Crippen molar-refractivity contribution >= 4 is 41.4 Å². The van der Waals surface area contributed by atoms with E-state index in [2.05, 4.69) is 16.0 Å². The number of carboxylic acid groups (broad SMARTS) is 1. The summed E-state index contributed by atoms with van der Waals surface area (Å²) in [5, 5.41) is 18.1. The lowest BCUT2D eigenvalue weighted by Crippen LogP contribution is -2.66. The van der Waals surface area contributed by atoms with Crippen LogP contribution in [0.2, 0.25) is 0 Å². The van der Waals surface area contributed by atoms with E-state index in [9.17, 15) is 29.1 Å². The lowest BCUT2D eigenvalue weighted by molar-refractivity contribution is -0.158. The number of carbonyl (C=O) groups is 5. The van der Waals surface area contributed by atoms with Crippen molar-refractivity contribution < 1.29 is 29.1 Å². The number of thioether (sulfide) groups is 1. The van der Waals surface area contributed by atoms with Crippen molar-refractivity contribution in [1.82, 2.24) is 25.8 Å². The number of hydrogen-bond donors (Lipinski definition) is 4. The fourth-order valence-electron chi connectivity index (χ4n) is 4.80. The first-order chi connectivity index (χ1) is 15.5. The number of carboxylic acids is 1. The number of likely N-dealkylation sites (N-methyl/N-ethyl adjacent to an activating group) is 1. The molecule has 0 aromatic rings. The summed E-state index contributed by atoms with van der Waals surface area (Å²) in [6.07, 6.45) is 0.228. The number of rotatable bonds is 8. The highest BCUT2D eigenvalue weighted by molar-refractivity contribution is 8.03. The first kappa shape index (κ1) is 25.0. The monoisotopic (exact) mass is 481 g/mol. The standard InChI is InChI=1S/C21H31N5O6S/c1-9-16-15(10(2)24-14(28)7-13(27)22-3)20(30)26(16)17(21(31)32)18(9)33-11-6-12(23-8-11)19(29)25(4)5/h9-12,15-16,23H,6-8H2,1-5H3,(H,22,27)(H,24,28)(H,31,32)/t9-,10-,11+,12+,15-,16-/m1/s1. The zero-order valence-electron chi connectivity index (χ0n) is 19.4. The molecular formula is C21H31N5O6S. The molecule has 0 aromatic heterocycles. The van der Waals surface area contributed by atoms with Gasteiger partial charge in [-0.05, 0) is 13.3 Å². The molecular weight excluding hydrogens is 450 g/mol. The van der Waals surface area contributed by atoms with Crippen LogP contribution in [0.15, 0.2) is 10.6 Å². The molecule has 0 spiro atoms. The Labute approximate surface area is 196 Å². The molecule has 12 heteroatoms. The smallest absolute Gasteiger partial charge is 0.353 e. The predicted molar refractivity (Wildman–Crippen MR) is 121 cm³/mol. The van der Waals surface area contributed by atoms with Crippen molar-refractivity contribution in [3.05, 3.63) is 10.6 Å². The molecule has 3 aliphatic heterocycles. The van der Waals surface area contributed by atoms with Gasteiger partial charge in [-0.15, -0.1) is 11.8 Å². The van der Waals surface area contributed by atoms with E-state index in [4.69, 9.17) is 0 Å². The van der Waals surface area contributed by atoms with E-state index in [0.29, 0.717) is 17.9 Å². The summed E-state index contributed by atoms with van der Waals surface area (Å²) in [5.41, 5.74) is -0.00924. The number of hydrogen-bond acceptors (Lipinski definition) is 7. The minimum absolute atomic E-state index is 0.00244.